The maximum absolute atomic E-state index is 14.1. The molecule has 1 atom stereocenters. The summed E-state index contributed by atoms with van der Waals surface area (Å²) < 4.78 is 53.6. The van der Waals surface area contributed by atoms with Crippen molar-refractivity contribution in [2.24, 2.45) is 0 Å². The highest BCUT2D eigenvalue weighted by atomic mass is 35.5. The molecular weight excluding hydrogens is 510 g/mol. The second kappa shape index (κ2) is 9.68. The number of halogens is 3. The monoisotopic (exact) mass is 530 g/mol. The van der Waals surface area contributed by atoms with Crippen molar-refractivity contribution in [3.05, 3.63) is 58.3 Å². The van der Waals surface area contributed by atoms with Crippen molar-refractivity contribution in [1.29, 1.82) is 0 Å². The molecule has 0 bridgehead atoms. The lowest BCUT2D eigenvalue weighted by atomic mass is 10.2. The van der Waals surface area contributed by atoms with E-state index in [-0.39, 0.29) is 21.1 Å². The van der Waals surface area contributed by atoms with Crippen LogP contribution in [0.15, 0.2) is 46.7 Å². The van der Waals surface area contributed by atoms with Crippen LogP contribution in [0.2, 0.25) is 10.0 Å². The average Bonchev–Trinajstić information content (AvgIpc) is 3.36. The highest BCUT2D eigenvalue weighted by Crippen LogP contribution is 2.40. The van der Waals surface area contributed by atoms with E-state index in [9.17, 15) is 12.8 Å². The molecule has 11 heteroatoms. The summed E-state index contributed by atoms with van der Waals surface area (Å²) in [6.45, 7) is 1.70. The van der Waals surface area contributed by atoms with Crippen molar-refractivity contribution in [2.45, 2.75) is 16.7 Å². The molecule has 0 amide bonds. The number of thiophene rings is 1. The molecule has 4 rings (SSSR count). The molecule has 0 saturated carbocycles. The predicted molar refractivity (Wildman–Crippen MR) is 130 cm³/mol. The van der Waals surface area contributed by atoms with Gasteiger partial charge in [0.2, 0.25) is 0 Å². The van der Waals surface area contributed by atoms with Gasteiger partial charge in [-0.15, -0.1) is 11.3 Å². The van der Waals surface area contributed by atoms with Crippen molar-refractivity contribution in [3.63, 3.8) is 0 Å². The molecule has 33 heavy (non-hydrogen) atoms. The first kappa shape index (κ1) is 24.1. The first-order valence-corrected chi connectivity index (χ1v) is 13.0. The molecule has 1 N–H and O–H groups in total. The third kappa shape index (κ3) is 5.38. The van der Waals surface area contributed by atoms with E-state index >= 15 is 0 Å². The highest BCUT2D eigenvalue weighted by molar-refractivity contribution is 7.94. The number of nitrogens with zero attached hydrogens (tertiary/aromatic N) is 1. The van der Waals surface area contributed by atoms with Gasteiger partial charge in [-0.2, -0.15) is 0 Å². The summed E-state index contributed by atoms with van der Waals surface area (Å²) in [6, 6.07) is 10.4. The Bertz CT molecular complexity index is 1280. The summed E-state index contributed by atoms with van der Waals surface area (Å²) in [5.74, 6) is -0.0640. The Morgan fingerprint density at radius 2 is 1.91 bits per heavy atom. The van der Waals surface area contributed by atoms with Gasteiger partial charge in [0.25, 0.3) is 10.0 Å². The molecule has 2 heterocycles. The lowest BCUT2D eigenvalue weighted by Crippen LogP contribution is -2.21. The zero-order valence-corrected chi connectivity index (χ0v) is 20.9. The van der Waals surface area contributed by atoms with Gasteiger partial charge in [0.05, 0.1) is 27.7 Å². The fraction of sp³-hybridized carbons (Fsp3) is 0.273. The Labute approximate surface area is 205 Å². The first-order chi connectivity index (χ1) is 15.7. The van der Waals surface area contributed by atoms with Crippen LogP contribution in [0.4, 0.5) is 10.1 Å². The molecular formula is C22H21Cl2FN2O4S2. The number of likely N-dealkylation sites (N-methyl/N-ethyl adjacent to an activating group) is 1. The van der Waals surface area contributed by atoms with Crippen LogP contribution < -0.4 is 14.2 Å². The largest absolute Gasteiger partial charge is 0.494 e. The van der Waals surface area contributed by atoms with Crippen LogP contribution in [0, 0.1) is 5.82 Å². The molecule has 6 nitrogen and oxygen atoms in total. The summed E-state index contributed by atoms with van der Waals surface area (Å²) in [5.41, 5.74) is 0.760. The number of hydrogen-bond acceptors (Lipinski definition) is 6. The SMILES string of the molecule is COc1ccc(-c2sc(S(=O)(=O)Nc3ccc(Cl)c(O[C@@H]4CCN(C)C4)c3)cc2Cl)cc1F. The van der Waals surface area contributed by atoms with Crippen molar-refractivity contribution < 1.29 is 22.3 Å². The standard InChI is InChI=1S/C22H21Cl2FN2O4S2/c1-27-8-7-15(12-27)31-20-10-14(4-5-16(20)23)26-33(28,29)21-11-17(24)22(32-21)13-3-6-19(30-2)18(25)9-13/h3-6,9-11,15,26H,7-8,12H2,1-2H3/t15-/m1/s1. The van der Waals surface area contributed by atoms with E-state index < -0.39 is 15.8 Å². The molecule has 3 aromatic rings. The fourth-order valence-corrected chi connectivity index (χ4v) is 6.55. The first-order valence-electron chi connectivity index (χ1n) is 9.97. The van der Waals surface area contributed by atoms with Crippen LogP contribution in [0.3, 0.4) is 0 Å². The van der Waals surface area contributed by atoms with Gasteiger partial charge < -0.3 is 14.4 Å². The summed E-state index contributed by atoms with van der Waals surface area (Å²) in [7, 11) is -0.576. The van der Waals surface area contributed by atoms with Crippen LogP contribution in [0.1, 0.15) is 6.42 Å². The Morgan fingerprint density at radius 3 is 2.58 bits per heavy atom. The summed E-state index contributed by atoms with van der Waals surface area (Å²) >= 11 is 13.5. The fourth-order valence-electron chi connectivity index (χ4n) is 3.52. The van der Waals surface area contributed by atoms with Gasteiger partial charge in [0.15, 0.2) is 11.6 Å². The third-order valence-electron chi connectivity index (χ3n) is 5.17. The number of rotatable bonds is 7. The molecule has 0 aliphatic carbocycles. The Morgan fingerprint density at radius 1 is 1.12 bits per heavy atom. The number of hydrogen-bond donors (Lipinski definition) is 1. The second-order valence-corrected chi connectivity index (χ2v) is 11.4. The molecule has 1 aliphatic heterocycles. The van der Waals surface area contributed by atoms with Crippen molar-refractivity contribution in [3.8, 4) is 21.9 Å². The van der Waals surface area contributed by atoms with E-state index in [0.29, 0.717) is 26.9 Å². The number of nitrogens with one attached hydrogen (secondary N) is 1. The molecule has 1 saturated heterocycles. The average molecular weight is 531 g/mol. The van der Waals surface area contributed by atoms with E-state index in [1.54, 1.807) is 24.3 Å². The lowest BCUT2D eigenvalue weighted by Gasteiger charge is -2.16. The lowest BCUT2D eigenvalue weighted by molar-refractivity contribution is 0.208. The molecule has 1 aliphatic rings. The Hall–Kier alpha value is -2.04. The van der Waals surface area contributed by atoms with Crippen LogP contribution >= 0.6 is 34.5 Å². The molecule has 0 unspecified atom stereocenters. The normalized spacial score (nSPS) is 16.7. The third-order valence-corrected chi connectivity index (χ3v) is 8.93. The summed E-state index contributed by atoms with van der Waals surface area (Å²) in [6.07, 6.45) is 0.855. The minimum atomic E-state index is -3.95. The van der Waals surface area contributed by atoms with Crippen LogP contribution in [-0.4, -0.2) is 46.7 Å². The molecule has 1 fully saturated rings. The van der Waals surface area contributed by atoms with Gasteiger partial charge in [-0.05, 0) is 55.4 Å². The second-order valence-electron chi connectivity index (χ2n) is 7.63. The van der Waals surface area contributed by atoms with E-state index in [2.05, 4.69) is 9.62 Å². The minimum Gasteiger partial charge on any atom is -0.494 e. The van der Waals surface area contributed by atoms with Gasteiger partial charge in [-0.3, -0.25) is 4.72 Å². The van der Waals surface area contributed by atoms with Crippen LogP contribution in [0.5, 0.6) is 11.5 Å². The number of ether oxygens (including phenoxy) is 2. The highest BCUT2D eigenvalue weighted by Gasteiger charge is 2.24. The predicted octanol–water partition coefficient (Wildman–Crippen LogP) is 5.75. The van der Waals surface area contributed by atoms with Gasteiger partial charge in [0, 0.05) is 19.2 Å². The van der Waals surface area contributed by atoms with Crippen LogP contribution in [-0.2, 0) is 10.0 Å². The zero-order chi connectivity index (χ0) is 23.8. The topological polar surface area (TPSA) is 67.9 Å². The van der Waals surface area contributed by atoms with Gasteiger partial charge in [-0.25, -0.2) is 12.8 Å². The Balaban J connectivity index is 1.56. The molecule has 1 aromatic heterocycles. The number of sulfonamides is 1. The van der Waals surface area contributed by atoms with Gasteiger partial charge in [0.1, 0.15) is 16.1 Å². The summed E-state index contributed by atoms with van der Waals surface area (Å²) in [4.78, 5) is 2.59. The van der Waals surface area contributed by atoms with Crippen LogP contribution in [0.25, 0.3) is 10.4 Å². The number of likely N-dealkylation sites (tertiary alicyclic amines) is 1. The van der Waals surface area contributed by atoms with Crippen molar-refractivity contribution >= 4 is 50.2 Å². The number of benzene rings is 2. The molecule has 0 radical (unpaired) electrons. The smallest absolute Gasteiger partial charge is 0.271 e. The van der Waals surface area contributed by atoms with E-state index in [4.69, 9.17) is 32.7 Å². The molecule has 0 spiro atoms. The van der Waals surface area contributed by atoms with Crippen molar-refractivity contribution in [2.75, 3.05) is 32.0 Å². The number of methoxy groups -OCH3 is 1. The van der Waals surface area contributed by atoms with Crippen molar-refractivity contribution in [1.82, 2.24) is 4.90 Å². The maximum atomic E-state index is 14.1. The number of anilines is 1. The van der Waals surface area contributed by atoms with Gasteiger partial charge >= 0.3 is 0 Å². The molecule has 2 aromatic carbocycles. The summed E-state index contributed by atoms with van der Waals surface area (Å²) in [5, 5.41) is 0.603. The zero-order valence-electron chi connectivity index (χ0n) is 17.8. The van der Waals surface area contributed by atoms with E-state index in [0.717, 1.165) is 30.8 Å². The molecule has 176 valence electrons. The quantitative estimate of drug-likeness (QED) is 0.421. The van der Waals surface area contributed by atoms with E-state index in [1.807, 2.05) is 7.05 Å². The Kier molecular flexibility index (Phi) is 7.07. The van der Waals surface area contributed by atoms with E-state index in [1.165, 1.54) is 25.3 Å². The maximum Gasteiger partial charge on any atom is 0.271 e. The minimum absolute atomic E-state index is 0.00596. The van der Waals surface area contributed by atoms with Gasteiger partial charge in [-0.1, -0.05) is 23.2 Å².